The number of aromatic nitrogens is 5. The van der Waals surface area contributed by atoms with Gasteiger partial charge in [-0.05, 0) is 61.9 Å². The number of alkyl halides is 1. The molecule has 2 aliphatic heterocycles. The van der Waals surface area contributed by atoms with Crippen LogP contribution in [0.2, 0.25) is 0 Å². The first-order valence-electron chi connectivity index (χ1n) is 13.5. The van der Waals surface area contributed by atoms with Crippen molar-refractivity contribution in [3.05, 3.63) is 70.9 Å². The zero-order valence-electron chi connectivity index (χ0n) is 22.2. The minimum Gasteiger partial charge on any atom is -0.342 e. The molecule has 4 aromatic rings. The van der Waals surface area contributed by atoms with Gasteiger partial charge < -0.3 is 19.7 Å². The van der Waals surface area contributed by atoms with Crippen LogP contribution in [0.25, 0.3) is 11.1 Å². The van der Waals surface area contributed by atoms with Crippen molar-refractivity contribution in [3.8, 4) is 11.1 Å². The highest BCUT2D eigenvalue weighted by Gasteiger charge is 2.42. The molecular weight excluding hydrogens is 495 g/mol. The van der Waals surface area contributed by atoms with Crippen molar-refractivity contribution in [1.82, 2.24) is 29.6 Å². The van der Waals surface area contributed by atoms with Gasteiger partial charge in [0.15, 0.2) is 0 Å². The third-order valence-electron chi connectivity index (χ3n) is 8.17. The van der Waals surface area contributed by atoms with Crippen LogP contribution in [0.3, 0.4) is 0 Å². The van der Waals surface area contributed by atoms with Gasteiger partial charge in [-0.2, -0.15) is 10.1 Å². The van der Waals surface area contributed by atoms with Crippen LogP contribution in [-0.4, -0.2) is 60.8 Å². The largest absolute Gasteiger partial charge is 0.342 e. The minimum absolute atomic E-state index is 0.104. The molecule has 1 aromatic carbocycles. The molecule has 3 aromatic heterocycles. The van der Waals surface area contributed by atoms with E-state index in [4.69, 9.17) is 9.97 Å². The minimum atomic E-state index is -1.28. The van der Waals surface area contributed by atoms with E-state index in [2.05, 4.69) is 44.7 Å². The molecule has 0 unspecified atom stereocenters. The topological polar surface area (TPSA) is 95.0 Å². The van der Waals surface area contributed by atoms with E-state index in [9.17, 15) is 9.18 Å². The zero-order valence-corrected chi connectivity index (χ0v) is 22.2. The van der Waals surface area contributed by atoms with Crippen molar-refractivity contribution in [2.24, 2.45) is 7.05 Å². The molecule has 2 N–H and O–H groups in total. The van der Waals surface area contributed by atoms with Gasteiger partial charge in [0, 0.05) is 42.3 Å². The van der Waals surface area contributed by atoms with Gasteiger partial charge in [-0.15, -0.1) is 0 Å². The smallest absolute Gasteiger partial charge is 0.270 e. The van der Waals surface area contributed by atoms with E-state index in [0.717, 1.165) is 71.8 Å². The number of hydrogen-bond acceptors (Lipinski definition) is 6. The van der Waals surface area contributed by atoms with Crippen LogP contribution in [0.4, 0.5) is 21.8 Å². The summed E-state index contributed by atoms with van der Waals surface area (Å²) in [4.78, 5) is 26.8. The van der Waals surface area contributed by atoms with E-state index in [0.29, 0.717) is 18.2 Å². The summed E-state index contributed by atoms with van der Waals surface area (Å²) in [5.41, 5.74) is 7.01. The average Bonchev–Trinajstić information content (AvgIpc) is 3.68. The molecule has 0 atom stereocenters. The van der Waals surface area contributed by atoms with Crippen LogP contribution >= 0.6 is 0 Å². The van der Waals surface area contributed by atoms with Crippen LogP contribution in [0.5, 0.6) is 0 Å². The summed E-state index contributed by atoms with van der Waals surface area (Å²) in [5, 5.41) is 10.4. The average molecular weight is 527 g/mol. The van der Waals surface area contributed by atoms with Gasteiger partial charge in [-0.1, -0.05) is 12.1 Å². The third kappa shape index (κ3) is 4.24. The van der Waals surface area contributed by atoms with Gasteiger partial charge >= 0.3 is 0 Å². The molecule has 3 aliphatic rings. The molecule has 0 saturated carbocycles. The number of nitrogens with one attached hydrogen (secondary N) is 2. The maximum Gasteiger partial charge on any atom is 0.270 e. The number of aromatic amines is 1. The summed E-state index contributed by atoms with van der Waals surface area (Å²) in [7, 11) is 1.92. The Kier molecular flexibility index (Phi) is 5.47. The monoisotopic (exact) mass is 526 g/mol. The van der Waals surface area contributed by atoms with E-state index in [-0.39, 0.29) is 19.0 Å². The van der Waals surface area contributed by atoms with Crippen LogP contribution in [0, 0.1) is 0 Å². The Morgan fingerprint density at radius 3 is 2.67 bits per heavy atom. The second-order valence-electron chi connectivity index (χ2n) is 11.1. The fourth-order valence-electron chi connectivity index (χ4n) is 6.03. The zero-order chi connectivity index (χ0) is 26.7. The number of anilines is 3. The molecule has 39 heavy (non-hydrogen) atoms. The maximum absolute atomic E-state index is 14.0. The first-order chi connectivity index (χ1) is 18.8. The van der Waals surface area contributed by atoms with Gasteiger partial charge in [-0.3, -0.25) is 9.89 Å². The summed E-state index contributed by atoms with van der Waals surface area (Å²) in [6.45, 7) is 3.24. The summed E-state index contributed by atoms with van der Waals surface area (Å²) < 4.78 is 16.0. The van der Waals surface area contributed by atoms with Crippen molar-refractivity contribution >= 4 is 23.4 Å². The molecular formula is C29H31FN8O. The van der Waals surface area contributed by atoms with Gasteiger partial charge in [0.2, 0.25) is 5.95 Å². The quantitative estimate of drug-likeness (QED) is 0.405. The molecule has 200 valence electrons. The summed E-state index contributed by atoms with van der Waals surface area (Å²) in [6.07, 6.45) is 7.48. The lowest BCUT2D eigenvalue weighted by Gasteiger charge is -2.42. The number of hydrogen-bond donors (Lipinski definition) is 2. The maximum atomic E-state index is 14.0. The van der Waals surface area contributed by atoms with Crippen LogP contribution in [-0.2, 0) is 32.9 Å². The number of fused-ring (bicyclic) bond motifs is 2. The van der Waals surface area contributed by atoms with Crippen molar-refractivity contribution in [1.29, 1.82) is 0 Å². The normalized spacial score (nSPS) is 17.5. The van der Waals surface area contributed by atoms with Crippen LogP contribution < -0.4 is 10.2 Å². The molecule has 0 bridgehead atoms. The molecule has 1 fully saturated rings. The number of carbonyl (C=O) groups is 1. The third-order valence-corrected chi connectivity index (χ3v) is 8.17. The Labute approximate surface area is 226 Å². The number of nitrogens with zero attached hydrogens (tertiary/aromatic N) is 6. The predicted molar refractivity (Wildman–Crippen MR) is 147 cm³/mol. The molecule has 10 heteroatoms. The van der Waals surface area contributed by atoms with E-state index >= 15 is 0 Å². The number of amides is 1. The lowest BCUT2D eigenvalue weighted by atomic mass is 9.98. The van der Waals surface area contributed by atoms with Crippen molar-refractivity contribution in [2.75, 3.05) is 29.9 Å². The van der Waals surface area contributed by atoms with Crippen LogP contribution in [0.15, 0.2) is 42.7 Å². The van der Waals surface area contributed by atoms with Crippen molar-refractivity contribution < 1.29 is 9.18 Å². The molecule has 1 saturated heterocycles. The lowest BCUT2D eigenvalue weighted by molar-refractivity contribution is -0.00847. The highest BCUT2D eigenvalue weighted by molar-refractivity contribution is 5.94. The van der Waals surface area contributed by atoms with Gasteiger partial charge in [0.05, 0.1) is 31.5 Å². The lowest BCUT2D eigenvalue weighted by Crippen LogP contribution is -2.59. The Morgan fingerprint density at radius 2 is 1.92 bits per heavy atom. The van der Waals surface area contributed by atoms with Crippen molar-refractivity contribution in [3.63, 3.8) is 0 Å². The summed E-state index contributed by atoms with van der Waals surface area (Å²) in [5.74, 6) is 1.47. The number of H-pyrrole nitrogens is 1. The van der Waals surface area contributed by atoms with E-state index in [1.54, 1.807) is 11.8 Å². The number of carbonyl (C=O) groups excluding carboxylic acids is 1. The standard InChI is InChI=1S/C29H31FN8O/c1-29(30)16-38(17-29)27(39)24-12-19-10-11-37(15-25(19)36(24)2)28-34-23-5-3-4-22(23)26(35-28)33-21-8-6-18(7-9-21)20-13-31-32-14-20/h6-9,12-14H,3-5,10-11,15-17H2,1-2H3,(H,31,32)(H,33,34,35). The Hall–Kier alpha value is -4.21. The first-order valence-corrected chi connectivity index (χ1v) is 13.5. The number of rotatable bonds is 5. The Morgan fingerprint density at radius 1 is 1.10 bits per heavy atom. The highest BCUT2D eigenvalue weighted by Crippen LogP contribution is 2.34. The number of aryl methyl sites for hydroxylation is 1. The van der Waals surface area contributed by atoms with Crippen molar-refractivity contribution in [2.45, 2.75) is 44.8 Å². The van der Waals surface area contributed by atoms with E-state index in [1.807, 2.05) is 30.1 Å². The number of likely N-dealkylation sites (tertiary alicyclic amines) is 1. The molecule has 5 heterocycles. The molecule has 0 radical (unpaired) electrons. The molecule has 1 aliphatic carbocycles. The van der Waals surface area contributed by atoms with Crippen LogP contribution in [0.1, 0.15) is 46.3 Å². The summed E-state index contributed by atoms with van der Waals surface area (Å²) >= 11 is 0. The number of benzene rings is 1. The molecule has 1 amide bonds. The molecule has 0 spiro atoms. The SMILES string of the molecule is Cn1c(C(=O)N2CC(C)(F)C2)cc2c1CN(c1nc3c(c(Nc4ccc(-c5cn[nH]c5)cc4)n1)CCC3)CC2. The van der Waals surface area contributed by atoms with Gasteiger partial charge in [-0.25, -0.2) is 9.37 Å². The van der Waals surface area contributed by atoms with Gasteiger partial charge in [0.1, 0.15) is 17.2 Å². The fourth-order valence-corrected chi connectivity index (χ4v) is 6.03. The van der Waals surface area contributed by atoms with Gasteiger partial charge in [0.25, 0.3) is 5.91 Å². The Balaban J connectivity index is 1.13. The highest BCUT2D eigenvalue weighted by atomic mass is 19.1. The Bertz CT molecular complexity index is 1550. The first kappa shape index (κ1) is 23.9. The van der Waals surface area contributed by atoms with E-state index < -0.39 is 5.67 Å². The van der Waals surface area contributed by atoms with E-state index in [1.165, 1.54) is 5.56 Å². The second kappa shape index (κ2) is 8.93. The second-order valence-corrected chi connectivity index (χ2v) is 11.1. The number of halogens is 1. The molecule has 9 nitrogen and oxygen atoms in total. The predicted octanol–water partition coefficient (Wildman–Crippen LogP) is 4.18. The fraction of sp³-hybridized carbons (Fsp3) is 0.379. The summed E-state index contributed by atoms with van der Waals surface area (Å²) in [6, 6.07) is 10.2. The molecule has 7 rings (SSSR count).